The van der Waals surface area contributed by atoms with Gasteiger partial charge in [-0.3, -0.25) is 0 Å². The van der Waals surface area contributed by atoms with Gasteiger partial charge in [0, 0.05) is 0 Å². The average molecular weight is 287 g/mol. The SMILES string of the molecule is Cc1c(C(=O)OCC2CC2)cc(F)cc1S(N)(=O)=O. The Labute approximate surface area is 110 Å². The van der Waals surface area contributed by atoms with Gasteiger partial charge in [0.2, 0.25) is 10.0 Å². The van der Waals surface area contributed by atoms with Gasteiger partial charge < -0.3 is 4.74 Å². The van der Waals surface area contributed by atoms with Crippen LogP contribution in [0.15, 0.2) is 17.0 Å². The Bertz CT molecular complexity index is 623. The minimum absolute atomic E-state index is 0.102. The Balaban J connectivity index is 2.33. The van der Waals surface area contributed by atoms with Gasteiger partial charge in [-0.1, -0.05) is 0 Å². The summed E-state index contributed by atoms with van der Waals surface area (Å²) >= 11 is 0. The molecule has 1 aromatic carbocycles. The third-order valence-corrected chi connectivity index (χ3v) is 4.04. The third kappa shape index (κ3) is 3.30. The predicted octanol–water partition coefficient (Wildman–Crippen LogP) is 1.35. The van der Waals surface area contributed by atoms with Crippen molar-refractivity contribution in [3.8, 4) is 0 Å². The first-order valence-electron chi connectivity index (χ1n) is 5.79. The fraction of sp³-hybridized carbons (Fsp3) is 0.417. The standard InChI is InChI=1S/C12H14FNO4S/c1-7-10(12(15)18-6-8-2-3-8)4-9(13)5-11(7)19(14,16)17/h4-5,8H,2-3,6H2,1H3,(H2,14,16,17). The number of nitrogens with two attached hydrogens (primary N) is 1. The summed E-state index contributed by atoms with van der Waals surface area (Å²) in [5.41, 5.74) is -0.00521. The van der Waals surface area contributed by atoms with Crippen molar-refractivity contribution in [2.75, 3.05) is 6.61 Å². The highest BCUT2D eigenvalue weighted by Gasteiger charge is 2.25. The second-order valence-electron chi connectivity index (χ2n) is 4.66. The normalized spacial score (nSPS) is 15.3. The number of ether oxygens (including phenoxy) is 1. The lowest BCUT2D eigenvalue weighted by Gasteiger charge is -2.10. The maximum Gasteiger partial charge on any atom is 0.338 e. The Morgan fingerprint density at radius 3 is 2.63 bits per heavy atom. The summed E-state index contributed by atoms with van der Waals surface area (Å²) in [6.07, 6.45) is 2.02. The largest absolute Gasteiger partial charge is 0.462 e. The van der Waals surface area contributed by atoms with Crippen molar-refractivity contribution in [3.63, 3.8) is 0 Å². The van der Waals surface area contributed by atoms with Gasteiger partial charge >= 0.3 is 5.97 Å². The van der Waals surface area contributed by atoms with Gasteiger partial charge in [-0.05, 0) is 43.4 Å². The number of hydrogen-bond donors (Lipinski definition) is 1. The second kappa shape index (κ2) is 4.90. The van der Waals surface area contributed by atoms with E-state index in [0.717, 1.165) is 25.0 Å². The van der Waals surface area contributed by atoms with E-state index in [9.17, 15) is 17.6 Å². The maximum atomic E-state index is 13.4. The molecule has 1 fully saturated rings. The van der Waals surface area contributed by atoms with Gasteiger partial charge in [0.05, 0.1) is 17.1 Å². The summed E-state index contributed by atoms with van der Waals surface area (Å²) in [5, 5.41) is 4.98. The van der Waals surface area contributed by atoms with Crippen LogP contribution in [0.3, 0.4) is 0 Å². The van der Waals surface area contributed by atoms with Crippen LogP contribution in [0.5, 0.6) is 0 Å². The van der Waals surface area contributed by atoms with Crippen molar-refractivity contribution < 1.29 is 22.3 Å². The summed E-state index contributed by atoms with van der Waals surface area (Å²) in [5.74, 6) is -1.20. The zero-order valence-electron chi connectivity index (χ0n) is 10.3. The molecule has 1 aliphatic rings. The Kier molecular flexibility index (Phi) is 3.60. The van der Waals surface area contributed by atoms with Gasteiger partial charge in [0.25, 0.3) is 0 Å². The van der Waals surface area contributed by atoms with Crippen LogP contribution < -0.4 is 5.14 Å². The van der Waals surface area contributed by atoms with Crippen LogP contribution in [0, 0.1) is 18.7 Å². The van der Waals surface area contributed by atoms with Crippen LogP contribution in [0.25, 0.3) is 0 Å². The van der Waals surface area contributed by atoms with Crippen molar-refractivity contribution in [2.24, 2.45) is 11.1 Å². The van der Waals surface area contributed by atoms with E-state index in [-0.39, 0.29) is 17.7 Å². The molecule has 1 aromatic rings. The van der Waals surface area contributed by atoms with Crippen LogP contribution in [0.4, 0.5) is 4.39 Å². The van der Waals surface area contributed by atoms with Crippen LogP contribution in [-0.4, -0.2) is 21.0 Å². The minimum Gasteiger partial charge on any atom is -0.462 e. The lowest BCUT2D eigenvalue weighted by atomic mass is 10.1. The third-order valence-electron chi connectivity index (χ3n) is 3.00. The molecule has 1 saturated carbocycles. The molecular weight excluding hydrogens is 273 g/mol. The molecule has 0 bridgehead atoms. The molecule has 7 heteroatoms. The quantitative estimate of drug-likeness (QED) is 0.847. The molecule has 2 N–H and O–H groups in total. The van der Waals surface area contributed by atoms with Crippen molar-refractivity contribution in [2.45, 2.75) is 24.7 Å². The highest BCUT2D eigenvalue weighted by molar-refractivity contribution is 7.89. The fourth-order valence-electron chi connectivity index (χ4n) is 1.72. The Morgan fingerprint density at radius 1 is 1.47 bits per heavy atom. The van der Waals surface area contributed by atoms with E-state index in [1.165, 1.54) is 6.92 Å². The molecule has 0 aliphatic heterocycles. The van der Waals surface area contributed by atoms with Gasteiger partial charge in [-0.2, -0.15) is 0 Å². The summed E-state index contributed by atoms with van der Waals surface area (Å²) in [6, 6.07) is 1.75. The lowest BCUT2D eigenvalue weighted by molar-refractivity contribution is 0.0484. The molecule has 0 heterocycles. The smallest absolute Gasteiger partial charge is 0.338 e. The number of carbonyl (C=O) groups excluding carboxylic acids is 1. The average Bonchev–Trinajstić information content (AvgIpc) is 3.11. The van der Waals surface area contributed by atoms with Gasteiger partial charge in [0.1, 0.15) is 5.82 Å². The molecule has 0 unspecified atom stereocenters. The topological polar surface area (TPSA) is 86.5 Å². The van der Waals surface area contributed by atoms with Crippen LogP contribution in [0.2, 0.25) is 0 Å². The molecular formula is C12H14FNO4S. The zero-order valence-corrected chi connectivity index (χ0v) is 11.2. The summed E-state index contributed by atoms with van der Waals surface area (Å²) in [7, 11) is -4.08. The molecule has 0 radical (unpaired) electrons. The maximum absolute atomic E-state index is 13.4. The molecule has 2 rings (SSSR count). The van der Waals surface area contributed by atoms with Gasteiger partial charge in [-0.25, -0.2) is 22.7 Å². The molecule has 104 valence electrons. The van der Waals surface area contributed by atoms with E-state index in [4.69, 9.17) is 9.88 Å². The molecule has 0 saturated heterocycles. The van der Waals surface area contributed by atoms with E-state index in [0.29, 0.717) is 5.92 Å². The molecule has 0 atom stereocenters. The first kappa shape index (κ1) is 14.0. The van der Waals surface area contributed by atoms with Gasteiger partial charge in [-0.15, -0.1) is 0 Å². The molecule has 0 aromatic heterocycles. The van der Waals surface area contributed by atoms with E-state index < -0.39 is 26.7 Å². The number of halogens is 1. The van der Waals surface area contributed by atoms with E-state index in [1.54, 1.807) is 0 Å². The van der Waals surface area contributed by atoms with Gasteiger partial charge in [0.15, 0.2) is 0 Å². The zero-order chi connectivity index (χ0) is 14.2. The Hall–Kier alpha value is -1.47. The molecule has 0 spiro atoms. The minimum atomic E-state index is -4.08. The van der Waals surface area contributed by atoms with Crippen molar-refractivity contribution >= 4 is 16.0 Å². The number of esters is 1. The molecule has 5 nitrogen and oxygen atoms in total. The molecule has 1 aliphatic carbocycles. The summed E-state index contributed by atoms with van der Waals surface area (Å²) < 4.78 is 41.0. The predicted molar refractivity (Wildman–Crippen MR) is 65.5 cm³/mol. The first-order valence-corrected chi connectivity index (χ1v) is 7.33. The molecule has 0 amide bonds. The fourth-order valence-corrected chi connectivity index (χ4v) is 2.53. The van der Waals surface area contributed by atoms with Crippen LogP contribution in [-0.2, 0) is 14.8 Å². The highest BCUT2D eigenvalue weighted by Crippen LogP contribution is 2.29. The summed E-state index contributed by atoms with van der Waals surface area (Å²) in [4.78, 5) is 11.4. The number of sulfonamides is 1. The second-order valence-corrected chi connectivity index (χ2v) is 6.19. The van der Waals surface area contributed by atoms with E-state index >= 15 is 0 Å². The van der Waals surface area contributed by atoms with E-state index in [1.807, 2.05) is 0 Å². The summed E-state index contributed by atoms with van der Waals surface area (Å²) in [6.45, 7) is 1.67. The number of benzene rings is 1. The number of hydrogen-bond acceptors (Lipinski definition) is 4. The van der Waals surface area contributed by atoms with Crippen molar-refractivity contribution in [1.29, 1.82) is 0 Å². The highest BCUT2D eigenvalue weighted by atomic mass is 32.2. The monoisotopic (exact) mass is 287 g/mol. The first-order chi connectivity index (χ1) is 8.79. The number of primary sulfonamides is 1. The van der Waals surface area contributed by atoms with E-state index in [2.05, 4.69) is 0 Å². The molecule has 19 heavy (non-hydrogen) atoms. The van der Waals surface area contributed by atoms with Crippen molar-refractivity contribution in [1.82, 2.24) is 0 Å². The Morgan fingerprint density at radius 2 is 2.11 bits per heavy atom. The lowest BCUT2D eigenvalue weighted by Crippen LogP contribution is -2.17. The number of rotatable bonds is 4. The van der Waals surface area contributed by atoms with Crippen LogP contribution >= 0.6 is 0 Å². The number of carbonyl (C=O) groups is 1. The van der Waals surface area contributed by atoms with Crippen LogP contribution in [0.1, 0.15) is 28.8 Å². The van der Waals surface area contributed by atoms with Crippen molar-refractivity contribution in [3.05, 3.63) is 29.1 Å².